The number of hydrogen-bond acceptors (Lipinski definition) is 1. The largest absolute Gasteiger partial charge is 0.353 e. The van der Waals surface area contributed by atoms with Crippen molar-refractivity contribution in [1.82, 2.24) is 4.90 Å². The number of nitrogens with zero attached hydrogens (tertiary/aromatic N) is 1. The number of hydrogen-bond donors (Lipinski definition) is 0. The van der Waals surface area contributed by atoms with E-state index in [4.69, 9.17) is 0 Å². The molecule has 0 aromatic heterocycles. The monoisotopic (exact) mass is 180 g/mol. The second kappa shape index (κ2) is 3.09. The lowest BCUT2D eigenvalue weighted by Gasteiger charge is -2.32. The summed E-state index contributed by atoms with van der Waals surface area (Å²) in [4.78, 5) is 2.31. The number of rotatable bonds is 0. The van der Waals surface area contributed by atoms with Gasteiger partial charge in [0.15, 0.2) is 0 Å². The molecule has 12 heavy (non-hydrogen) atoms. The summed E-state index contributed by atoms with van der Waals surface area (Å²) in [6, 6.07) is 0. The van der Waals surface area contributed by atoms with Crippen LogP contribution in [0.5, 0.6) is 0 Å². The normalized spacial score (nSPS) is 21.0. The molecule has 0 amide bonds. The zero-order chi connectivity index (χ0) is 9.46. The Kier molecular flexibility index (Phi) is 2.47. The molecule has 1 nitrogen and oxygen atoms in total. The molecule has 0 spiro atoms. The Bertz CT molecular complexity index is 211. The summed E-state index contributed by atoms with van der Waals surface area (Å²) in [6.07, 6.45) is 0. The summed E-state index contributed by atoms with van der Waals surface area (Å²) in [5, 5.41) is 3.20. The maximum Gasteiger partial charge on any atom is 0.111 e. The van der Waals surface area contributed by atoms with E-state index in [2.05, 4.69) is 46.2 Å². The zero-order valence-corrected chi connectivity index (χ0v) is 9.95. The molecule has 2 heteroatoms. The summed E-state index contributed by atoms with van der Waals surface area (Å²) in [6.45, 7) is 11.4. The first-order valence-electron chi connectivity index (χ1n) is 4.39. The Hall–Kier alpha value is -0.503. The van der Waals surface area contributed by atoms with Gasteiger partial charge in [0.2, 0.25) is 0 Å². The molecular formula is C10H18NSi. The van der Waals surface area contributed by atoms with E-state index >= 15 is 0 Å². The second-order valence-electron chi connectivity index (χ2n) is 3.60. The highest BCUT2D eigenvalue weighted by atomic mass is 28.3. The van der Waals surface area contributed by atoms with Crippen molar-refractivity contribution in [2.75, 3.05) is 7.05 Å². The lowest BCUT2D eigenvalue weighted by Crippen LogP contribution is -2.29. The third kappa shape index (κ3) is 1.24. The Balaban J connectivity index is 3.13. The lowest BCUT2D eigenvalue weighted by molar-refractivity contribution is 0.510. The molecule has 0 fully saturated rings. The first-order valence-corrected chi connectivity index (χ1v) is 6.39. The highest BCUT2D eigenvalue weighted by Crippen LogP contribution is 2.27. The van der Waals surface area contributed by atoms with Gasteiger partial charge in [-0.2, -0.15) is 0 Å². The fourth-order valence-corrected chi connectivity index (χ4v) is 3.56. The molecule has 0 aliphatic carbocycles. The molecule has 1 aliphatic heterocycles. The summed E-state index contributed by atoms with van der Waals surface area (Å²) < 4.78 is 0. The minimum atomic E-state index is -0.361. The highest BCUT2D eigenvalue weighted by molar-refractivity contribution is 6.72. The van der Waals surface area contributed by atoms with Crippen molar-refractivity contribution >= 4 is 8.80 Å². The third-order valence-corrected chi connectivity index (χ3v) is 6.19. The van der Waals surface area contributed by atoms with Crippen LogP contribution in [-0.4, -0.2) is 20.7 Å². The van der Waals surface area contributed by atoms with Crippen molar-refractivity contribution in [1.29, 1.82) is 0 Å². The average Bonchev–Trinajstić information content (AvgIpc) is 2.08. The van der Waals surface area contributed by atoms with E-state index in [-0.39, 0.29) is 8.80 Å². The topological polar surface area (TPSA) is 3.24 Å². The van der Waals surface area contributed by atoms with Crippen LogP contribution in [0.25, 0.3) is 0 Å². The Labute approximate surface area is 77.4 Å². The van der Waals surface area contributed by atoms with Gasteiger partial charge in [-0.25, -0.2) is 0 Å². The Morgan fingerprint density at radius 3 is 1.58 bits per heavy atom. The van der Waals surface area contributed by atoms with E-state index in [1.807, 2.05) is 0 Å². The van der Waals surface area contributed by atoms with E-state index in [1.165, 1.54) is 11.4 Å². The van der Waals surface area contributed by atoms with Gasteiger partial charge < -0.3 is 4.90 Å². The first kappa shape index (κ1) is 9.58. The van der Waals surface area contributed by atoms with Crippen LogP contribution in [-0.2, 0) is 0 Å². The van der Waals surface area contributed by atoms with Crippen LogP contribution in [0, 0.1) is 0 Å². The maximum absolute atomic E-state index is 2.38. The third-order valence-electron chi connectivity index (χ3n) is 3.22. The second-order valence-corrected chi connectivity index (χ2v) is 6.35. The maximum atomic E-state index is 2.38. The lowest BCUT2D eigenvalue weighted by atomic mass is 10.3. The molecule has 0 N–H and O–H groups in total. The van der Waals surface area contributed by atoms with Gasteiger partial charge in [0.25, 0.3) is 0 Å². The van der Waals surface area contributed by atoms with E-state index in [0.29, 0.717) is 0 Å². The van der Waals surface area contributed by atoms with Gasteiger partial charge in [0, 0.05) is 18.4 Å². The van der Waals surface area contributed by atoms with Gasteiger partial charge in [0.1, 0.15) is 8.80 Å². The van der Waals surface area contributed by atoms with Crippen molar-refractivity contribution in [3.8, 4) is 0 Å². The SMILES string of the molecule is CC1=C(C)[Si](C)C(C)=C(C)N1C. The van der Waals surface area contributed by atoms with Gasteiger partial charge in [-0.05, 0) is 27.7 Å². The van der Waals surface area contributed by atoms with Crippen LogP contribution >= 0.6 is 0 Å². The van der Waals surface area contributed by atoms with Crippen LogP contribution < -0.4 is 0 Å². The smallest absolute Gasteiger partial charge is 0.111 e. The van der Waals surface area contributed by atoms with Crippen molar-refractivity contribution in [2.45, 2.75) is 34.2 Å². The molecule has 67 valence electrons. The van der Waals surface area contributed by atoms with Crippen molar-refractivity contribution in [3.05, 3.63) is 21.8 Å². The molecule has 0 aromatic rings. The predicted octanol–water partition coefficient (Wildman–Crippen LogP) is 2.72. The quantitative estimate of drug-likeness (QED) is 0.518. The van der Waals surface area contributed by atoms with Crippen molar-refractivity contribution < 1.29 is 0 Å². The molecule has 0 atom stereocenters. The van der Waals surface area contributed by atoms with Gasteiger partial charge in [-0.3, -0.25) is 0 Å². The number of allylic oxidation sites excluding steroid dienone is 4. The van der Waals surface area contributed by atoms with E-state index in [0.717, 1.165) is 0 Å². The molecule has 0 unspecified atom stereocenters. The van der Waals surface area contributed by atoms with E-state index < -0.39 is 0 Å². The van der Waals surface area contributed by atoms with Crippen LogP contribution in [0.15, 0.2) is 21.8 Å². The van der Waals surface area contributed by atoms with E-state index in [1.54, 1.807) is 10.4 Å². The molecule has 1 heterocycles. The van der Waals surface area contributed by atoms with Crippen molar-refractivity contribution in [2.24, 2.45) is 0 Å². The fraction of sp³-hybridized carbons (Fsp3) is 0.600. The van der Waals surface area contributed by atoms with Gasteiger partial charge >= 0.3 is 0 Å². The Morgan fingerprint density at radius 2 is 1.25 bits per heavy atom. The summed E-state index contributed by atoms with van der Waals surface area (Å²) >= 11 is 0. The molecular weight excluding hydrogens is 162 g/mol. The standard InChI is InChI=1S/C10H18NSi/c1-7-9(3)12(6)10(4)8(2)11(7)5/h1-6H3. The van der Waals surface area contributed by atoms with Crippen LogP contribution in [0.2, 0.25) is 6.55 Å². The van der Waals surface area contributed by atoms with Gasteiger partial charge in [-0.1, -0.05) is 16.9 Å². The van der Waals surface area contributed by atoms with Gasteiger partial charge in [-0.15, -0.1) is 0 Å². The van der Waals surface area contributed by atoms with E-state index in [9.17, 15) is 0 Å². The average molecular weight is 180 g/mol. The molecule has 0 aromatic carbocycles. The Morgan fingerprint density at radius 1 is 0.917 bits per heavy atom. The first-order chi connectivity index (χ1) is 5.46. The predicted molar refractivity (Wildman–Crippen MR) is 56.1 cm³/mol. The zero-order valence-electron chi connectivity index (χ0n) is 8.95. The summed E-state index contributed by atoms with van der Waals surface area (Å²) in [7, 11) is 1.80. The molecule has 1 aliphatic rings. The minimum Gasteiger partial charge on any atom is -0.353 e. The van der Waals surface area contributed by atoms with Crippen LogP contribution in [0.4, 0.5) is 0 Å². The van der Waals surface area contributed by atoms with Gasteiger partial charge in [0.05, 0.1) is 0 Å². The fourth-order valence-electron chi connectivity index (χ4n) is 1.58. The minimum absolute atomic E-state index is 0.361. The molecule has 1 radical (unpaired) electrons. The highest BCUT2D eigenvalue weighted by Gasteiger charge is 2.22. The summed E-state index contributed by atoms with van der Waals surface area (Å²) in [5.41, 5.74) is 2.91. The molecule has 1 rings (SSSR count). The molecule has 0 saturated carbocycles. The molecule has 0 bridgehead atoms. The summed E-state index contributed by atoms with van der Waals surface area (Å²) in [5.74, 6) is 0. The molecule has 0 saturated heterocycles. The van der Waals surface area contributed by atoms with Crippen LogP contribution in [0.3, 0.4) is 0 Å². The van der Waals surface area contributed by atoms with Crippen molar-refractivity contribution in [3.63, 3.8) is 0 Å². The van der Waals surface area contributed by atoms with Crippen LogP contribution in [0.1, 0.15) is 27.7 Å².